The zero-order valence-electron chi connectivity index (χ0n) is 21.5. The fraction of sp³-hybridized carbons (Fsp3) is 0.300. The number of hydrogen-bond donors (Lipinski definition) is 0. The molecular formula is C30H30N2O6. The van der Waals surface area contributed by atoms with Crippen molar-refractivity contribution in [1.82, 2.24) is 0 Å². The largest absolute Gasteiger partial charge is 0.489 e. The zero-order chi connectivity index (χ0) is 26.8. The van der Waals surface area contributed by atoms with Gasteiger partial charge < -0.3 is 23.8 Å². The van der Waals surface area contributed by atoms with E-state index < -0.39 is 0 Å². The molecule has 8 nitrogen and oxygen atoms in total. The van der Waals surface area contributed by atoms with Crippen LogP contribution >= 0.6 is 0 Å². The van der Waals surface area contributed by atoms with Crippen molar-refractivity contribution in [3.05, 3.63) is 95.1 Å². The molecular weight excluding hydrogens is 484 g/mol. The van der Waals surface area contributed by atoms with E-state index in [1.54, 1.807) is 12.1 Å². The molecule has 0 spiro atoms. The van der Waals surface area contributed by atoms with E-state index in [9.17, 15) is 4.79 Å². The van der Waals surface area contributed by atoms with Gasteiger partial charge in [0.25, 0.3) is 0 Å². The van der Waals surface area contributed by atoms with Crippen molar-refractivity contribution in [2.75, 3.05) is 33.5 Å². The van der Waals surface area contributed by atoms with Gasteiger partial charge in [0.1, 0.15) is 37.5 Å². The van der Waals surface area contributed by atoms with E-state index in [-0.39, 0.29) is 18.0 Å². The summed E-state index contributed by atoms with van der Waals surface area (Å²) < 4.78 is 22.4. The predicted molar refractivity (Wildman–Crippen MR) is 141 cm³/mol. The first-order valence-corrected chi connectivity index (χ1v) is 12.3. The maximum Gasteiger partial charge on any atom is 0.306 e. The smallest absolute Gasteiger partial charge is 0.306 e. The summed E-state index contributed by atoms with van der Waals surface area (Å²) in [6, 6.07) is 24.6. The quantitative estimate of drug-likeness (QED) is 0.195. The monoisotopic (exact) mass is 514 g/mol. The van der Waals surface area contributed by atoms with Crippen molar-refractivity contribution in [2.45, 2.75) is 25.4 Å². The van der Waals surface area contributed by atoms with Crippen LogP contribution < -0.4 is 9.47 Å². The molecule has 1 aliphatic heterocycles. The Kier molecular flexibility index (Phi) is 8.96. The summed E-state index contributed by atoms with van der Waals surface area (Å²) in [7, 11) is 1.48. The van der Waals surface area contributed by atoms with Crippen molar-refractivity contribution in [3.8, 4) is 17.6 Å². The molecule has 3 aromatic rings. The molecule has 196 valence electrons. The summed E-state index contributed by atoms with van der Waals surface area (Å²) in [6.45, 7) is 3.81. The molecule has 0 unspecified atom stereocenters. The summed E-state index contributed by atoms with van der Waals surface area (Å²) in [6.07, 6.45) is 0.307. The molecule has 0 amide bonds. The number of carbonyl (C=O) groups excluding carboxylic acids is 1. The van der Waals surface area contributed by atoms with Crippen molar-refractivity contribution in [1.29, 1.82) is 5.26 Å². The van der Waals surface area contributed by atoms with Gasteiger partial charge in [-0.25, -0.2) is 0 Å². The highest BCUT2D eigenvalue weighted by Gasteiger charge is 2.42. The third-order valence-electron chi connectivity index (χ3n) is 6.26. The van der Waals surface area contributed by atoms with Gasteiger partial charge in [-0.1, -0.05) is 41.6 Å². The molecule has 8 heteroatoms. The average molecular weight is 515 g/mol. The predicted octanol–water partition coefficient (Wildman–Crippen LogP) is 4.79. The number of esters is 1. The van der Waals surface area contributed by atoms with Crippen LogP contribution in [0.3, 0.4) is 0 Å². The molecule has 1 fully saturated rings. The van der Waals surface area contributed by atoms with E-state index in [1.807, 2.05) is 67.6 Å². The van der Waals surface area contributed by atoms with Crippen LogP contribution in [0.5, 0.6) is 11.5 Å². The number of ether oxygens (including phenoxy) is 4. The average Bonchev–Trinajstić information content (AvgIpc) is 2.93. The molecule has 0 atom stereocenters. The second-order valence-electron chi connectivity index (χ2n) is 8.91. The number of hydrogen-bond acceptors (Lipinski definition) is 8. The first kappa shape index (κ1) is 26.7. The minimum Gasteiger partial charge on any atom is -0.489 e. The Bertz CT molecular complexity index is 1270. The van der Waals surface area contributed by atoms with Crippen LogP contribution in [0, 0.1) is 11.3 Å². The van der Waals surface area contributed by atoms with E-state index in [1.165, 1.54) is 7.11 Å². The maximum absolute atomic E-state index is 12.0. The third kappa shape index (κ3) is 6.69. The Morgan fingerprint density at radius 3 is 2.21 bits per heavy atom. The number of carbonyl (C=O) groups is 1. The van der Waals surface area contributed by atoms with Crippen molar-refractivity contribution in [3.63, 3.8) is 0 Å². The second kappa shape index (κ2) is 12.7. The van der Waals surface area contributed by atoms with E-state index in [0.717, 1.165) is 22.4 Å². The number of nitrogens with zero attached hydrogens (tertiary/aromatic N) is 2. The van der Waals surface area contributed by atoms with Crippen LogP contribution in [0.1, 0.15) is 35.6 Å². The fourth-order valence-electron chi connectivity index (χ4n) is 4.12. The Balaban J connectivity index is 1.29. The zero-order valence-corrected chi connectivity index (χ0v) is 21.5. The molecule has 0 aromatic heterocycles. The maximum atomic E-state index is 12.0. The van der Waals surface area contributed by atoms with Gasteiger partial charge >= 0.3 is 5.97 Å². The van der Waals surface area contributed by atoms with Crippen molar-refractivity contribution < 1.29 is 28.6 Å². The normalized spacial score (nSPS) is 14.1. The Morgan fingerprint density at radius 1 is 0.974 bits per heavy atom. The van der Waals surface area contributed by atoms with E-state index in [0.29, 0.717) is 49.9 Å². The first-order valence-electron chi connectivity index (χ1n) is 12.3. The van der Waals surface area contributed by atoms with E-state index in [4.69, 9.17) is 29.0 Å². The summed E-state index contributed by atoms with van der Waals surface area (Å²) in [5.74, 6) is 1.22. The summed E-state index contributed by atoms with van der Waals surface area (Å²) in [5, 5.41) is 13.0. The Morgan fingerprint density at radius 2 is 1.63 bits per heavy atom. The highest BCUT2D eigenvalue weighted by Crippen LogP contribution is 2.37. The summed E-state index contributed by atoms with van der Waals surface area (Å²) >= 11 is 0. The molecule has 1 saturated heterocycles. The molecule has 0 aliphatic carbocycles. The van der Waals surface area contributed by atoms with Gasteiger partial charge in [0.15, 0.2) is 0 Å². The van der Waals surface area contributed by atoms with E-state index >= 15 is 0 Å². The fourth-order valence-corrected chi connectivity index (χ4v) is 4.12. The molecule has 0 bridgehead atoms. The summed E-state index contributed by atoms with van der Waals surface area (Å²) in [5.41, 5.74) is 3.72. The van der Waals surface area contributed by atoms with Crippen molar-refractivity contribution in [2.24, 2.45) is 5.16 Å². The van der Waals surface area contributed by atoms with Crippen LogP contribution in [-0.4, -0.2) is 45.2 Å². The topological polar surface area (TPSA) is 99.4 Å². The van der Waals surface area contributed by atoms with Gasteiger partial charge in [0.05, 0.1) is 43.3 Å². The van der Waals surface area contributed by atoms with Gasteiger partial charge in [-0.05, 0) is 54.4 Å². The molecule has 1 aliphatic rings. The lowest BCUT2D eigenvalue weighted by atomic mass is 9.76. The van der Waals surface area contributed by atoms with Crippen LogP contribution in [0.25, 0.3) is 0 Å². The Hall–Kier alpha value is -4.35. The number of benzene rings is 3. The molecule has 0 N–H and O–H groups in total. The minimum atomic E-state index is -0.325. The van der Waals surface area contributed by atoms with Gasteiger partial charge in [0, 0.05) is 5.56 Å². The lowest BCUT2D eigenvalue weighted by Gasteiger charge is -2.41. The van der Waals surface area contributed by atoms with Gasteiger partial charge in [-0.15, -0.1) is 0 Å². The molecule has 1 heterocycles. The lowest BCUT2D eigenvalue weighted by molar-refractivity contribution is -0.151. The highest BCUT2D eigenvalue weighted by atomic mass is 16.6. The molecule has 38 heavy (non-hydrogen) atoms. The Labute approximate surface area is 222 Å². The third-order valence-corrected chi connectivity index (χ3v) is 6.26. The first-order chi connectivity index (χ1) is 18.5. The summed E-state index contributed by atoms with van der Waals surface area (Å²) in [4.78, 5) is 17.0. The SMILES string of the molecule is CCOC(=O)CC1(c2ccc(OCc3ccc(OCC(=NOC)c4ccc(C#N)cc4)cc3)cc2)COC1. The van der Waals surface area contributed by atoms with Gasteiger partial charge in [-0.3, -0.25) is 4.79 Å². The number of nitriles is 1. The van der Waals surface area contributed by atoms with Crippen LogP contribution in [0.15, 0.2) is 78.0 Å². The number of rotatable bonds is 12. The van der Waals surface area contributed by atoms with Crippen LogP contribution in [-0.2, 0) is 31.1 Å². The molecule has 0 saturated carbocycles. The second-order valence-corrected chi connectivity index (χ2v) is 8.91. The molecule has 4 rings (SSSR count). The van der Waals surface area contributed by atoms with Crippen molar-refractivity contribution >= 4 is 11.7 Å². The molecule has 0 radical (unpaired) electrons. The van der Waals surface area contributed by atoms with Gasteiger partial charge in [-0.2, -0.15) is 5.26 Å². The van der Waals surface area contributed by atoms with E-state index in [2.05, 4.69) is 11.2 Å². The van der Waals surface area contributed by atoms with Crippen LogP contribution in [0.4, 0.5) is 0 Å². The highest BCUT2D eigenvalue weighted by molar-refractivity contribution is 6.01. The lowest BCUT2D eigenvalue weighted by Crippen LogP contribution is -2.48. The van der Waals surface area contributed by atoms with Gasteiger partial charge in [0.2, 0.25) is 0 Å². The minimum absolute atomic E-state index is 0.208. The molecule has 3 aromatic carbocycles. The standard InChI is InChI=1S/C30H30N2O6/c1-3-36-29(33)16-30(20-35-21-30)25-10-14-27(15-11-25)37-18-23-6-12-26(13-7-23)38-19-28(32-34-2)24-8-4-22(17-31)5-9-24/h4-15H,3,16,18-21H2,1-2H3. The number of oxime groups is 1. The van der Waals surface area contributed by atoms with Crippen LogP contribution in [0.2, 0.25) is 0 Å².